The molecule has 1 aromatic heterocycles. The second kappa shape index (κ2) is 5.51. The number of carboxylic acid groups (broad SMARTS) is 1. The smallest absolute Gasteiger partial charge is 0.445 e. The molecule has 1 aromatic rings. The van der Waals surface area contributed by atoms with Crippen molar-refractivity contribution < 1.29 is 23.1 Å². The monoisotopic (exact) mass is 283 g/mol. The highest BCUT2D eigenvalue weighted by atomic mass is 32.1. The van der Waals surface area contributed by atoms with Crippen LogP contribution in [-0.2, 0) is 11.0 Å². The van der Waals surface area contributed by atoms with Crippen molar-refractivity contribution in [2.24, 2.45) is 5.92 Å². The largest absolute Gasteiger partial charge is 0.480 e. The molecule has 102 valence electrons. The van der Waals surface area contributed by atoms with Gasteiger partial charge in [0.25, 0.3) is 0 Å². The summed E-state index contributed by atoms with van der Waals surface area (Å²) in [6.45, 7) is 3.64. The van der Waals surface area contributed by atoms with E-state index in [1.807, 2.05) is 13.8 Å². The van der Waals surface area contributed by atoms with E-state index >= 15 is 0 Å². The summed E-state index contributed by atoms with van der Waals surface area (Å²) in [7, 11) is 0. The summed E-state index contributed by atoms with van der Waals surface area (Å²) < 4.78 is 36.8. The molecule has 0 aliphatic heterocycles. The molecule has 1 heterocycles. The van der Waals surface area contributed by atoms with Gasteiger partial charge >= 0.3 is 12.1 Å². The van der Waals surface area contributed by atoms with Crippen LogP contribution in [0.15, 0.2) is 0 Å². The Morgan fingerprint density at radius 3 is 2.44 bits per heavy atom. The predicted molar refractivity (Wildman–Crippen MR) is 59.4 cm³/mol. The van der Waals surface area contributed by atoms with Gasteiger partial charge in [0.2, 0.25) is 10.1 Å². The van der Waals surface area contributed by atoms with Crippen LogP contribution in [0, 0.1) is 5.92 Å². The van der Waals surface area contributed by atoms with Gasteiger partial charge in [-0.05, 0) is 12.3 Å². The number of nitrogens with one attached hydrogen (secondary N) is 1. The van der Waals surface area contributed by atoms with Gasteiger partial charge in [0.1, 0.15) is 6.04 Å². The first-order valence-electron chi connectivity index (χ1n) is 5.10. The van der Waals surface area contributed by atoms with E-state index in [9.17, 15) is 18.0 Å². The summed E-state index contributed by atoms with van der Waals surface area (Å²) in [6.07, 6.45) is -4.27. The maximum absolute atomic E-state index is 12.3. The molecule has 0 saturated heterocycles. The first kappa shape index (κ1) is 14.7. The number of aromatic nitrogens is 2. The SMILES string of the molecule is CC(C)C[C@@H](Nc1nnc(C(F)(F)F)s1)C(=O)O. The number of carbonyl (C=O) groups is 1. The van der Waals surface area contributed by atoms with Gasteiger partial charge in [-0.3, -0.25) is 0 Å². The maximum Gasteiger partial charge on any atom is 0.445 e. The van der Waals surface area contributed by atoms with E-state index in [4.69, 9.17) is 5.11 Å². The molecule has 1 atom stereocenters. The second-order valence-corrected chi connectivity index (χ2v) is 5.05. The van der Waals surface area contributed by atoms with Crippen LogP contribution in [0.1, 0.15) is 25.3 Å². The van der Waals surface area contributed by atoms with Crippen LogP contribution in [0.4, 0.5) is 18.3 Å². The van der Waals surface area contributed by atoms with E-state index in [0.29, 0.717) is 11.3 Å². The van der Waals surface area contributed by atoms with Crippen molar-refractivity contribution in [2.45, 2.75) is 32.5 Å². The third-order valence-corrected chi connectivity index (χ3v) is 2.87. The topological polar surface area (TPSA) is 75.1 Å². The zero-order chi connectivity index (χ0) is 13.9. The Morgan fingerprint density at radius 2 is 2.06 bits per heavy atom. The summed E-state index contributed by atoms with van der Waals surface area (Å²) in [4.78, 5) is 10.9. The van der Waals surface area contributed by atoms with Crippen molar-refractivity contribution >= 4 is 22.4 Å². The van der Waals surface area contributed by atoms with Gasteiger partial charge in [-0.25, -0.2) is 4.79 Å². The number of rotatable bonds is 5. The van der Waals surface area contributed by atoms with Crippen molar-refractivity contribution in [3.63, 3.8) is 0 Å². The molecular formula is C9H12F3N3O2S. The summed E-state index contributed by atoms with van der Waals surface area (Å²) in [5.74, 6) is -1.04. The molecule has 0 fully saturated rings. The van der Waals surface area contributed by atoms with Crippen molar-refractivity contribution in [1.82, 2.24) is 10.2 Å². The van der Waals surface area contributed by atoms with E-state index in [2.05, 4.69) is 15.5 Å². The summed E-state index contributed by atoms with van der Waals surface area (Å²) in [5.41, 5.74) is 0. The first-order valence-corrected chi connectivity index (χ1v) is 5.92. The highest BCUT2D eigenvalue weighted by Gasteiger charge is 2.36. The van der Waals surface area contributed by atoms with E-state index in [0.717, 1.165) is 0 Å². The number of nitrogens with zero attached hydrogens (tertiary/aromatic N) is 2. The molecule has 0 unspecified atom stereocenters. The Labute approximate surface area is 105 Å². The molecular weight excluding hydrogens is 271 g/mol. The average Bonchev–Trinajstić information content (AvgIpc) is 2.63. The summed E-state index contributed by atoms with van der Waals surface area (Å²) >= 11 is 0.291. The third kappa shape index (κ3) is 4.13. The van der Waals surface area contributed by atoms with Crippen molar-refractivity contribution in [1.29, 1.82) is 0 Å². The van der Waals surface area contributed by atoms with Crippen molar-refractivity contribution in [3.8, 4) is 0 Å². The molecule has 0 radical (unpaired) electrons. The molecule has 18 heavy (non-hydrogen) atoms. The summed E-state index contributed by atoms with van der Waals surface area (Å²) in [6, 6.07) is -0.973. The van der Waals surface area contributed by atoms with Crippen molar-refractivity contribution in [3.05, 3.63) is 5.01 Å². The maximum atomic E-state index is 12.3. The summed E-state index contributed by atoms with van der Waals surface area (Å²) in [5, 5.41) is 16.4. The minimum Gasteiger partial charge on any atom is -0.480 e. The van der Waals surface area contributed by atoms with Crippen LogP contribution in [0.25, 0.3) is 0 Å². The molecule has 2 N–H and O–H groups in total. The van der Waals surface area contributed by atoms with Crippen molar-refractivity contribution in [2.75, 3.05) is 5.32 Å². The Bertz CT molecular complexity index is 419. The van der Waals surface area contributed by atoms with Gasteiger partial charge in [-0.1, -0.05) is 25.2 Å². The molecule has 0 aromatic carbocycles. The van der Waals surface area contributed by atoms with Crippen LogP contribution in [0.5, 0.6) is 0 Å². The average molecular weight is 283 g/mol. The number of hydrogen-bond acceptors (Lipinski definition) is 5. The fourth-order valence-corrected chi connectivity index (χ4v) is 1.90. The number of carboxylic acids is 1. The van der Waals surface area contributed by atoms with E-state index in [1.165, 1.54) is 0 Å². The van der Waals surface area contributed by atoms with Crippen LogP contribution in [0.2, 0.25) is 0 Å². The number of anilines is 1. The Morgan fingerprint density at radius 1 is 1.44 bits per heavy atom. The number of alkyl halides is 3. The van der Waals surface area contributed by atoms with E-state index < -0.39 is 23.2 Å². The van der Waals surface area contributed by atoms with E-state index in [-0.39, 0.29) is 17.5 Å². The molecule has 0 bridgehead atoms. The quantitative estimate of drug-likeness (QED) is 0.868. The van der Waals surface area contributed by atoms with Gasteiger partial charge in [-0.15, -0.1) is 10.2 Å². The number of halogens is 3. The Kier molecular flexibility index (Phi) is 4.49. The second-order valence-electron chi connectivity index (χ2n) is 4.07. The van der Waals surface area contributed by atoms with Crippen LogP contribution >= 0.6 is 11.3 Å². The van der Waals surface area contributed by atoms with Gasteiger partial charge in [-0.2, -0.15) is 13.2 Å². The zero-order valence-corrected chi connectivity index (χ0v) is 10.5. The standard InChI is InChI=1S/C9H12F3N3O2S/c1-4(2)3-5(6(16)17)13-8-15-14-7(18-8)9(10,11)12/h4-5H,3H2,1-2H3,(H,13,15)(H,16,17)/t5-/m1/s1. The molecule has 0 amide bonds. The Balaban J connectivity index is 2.76. The minimum absolute atomic E-state index is 0.0913. The van der Waals surface area contributed by atoms with E-state index in [1.54, 1.807) is 0 Å². The number of hydrogen-bond donors (Lipinski definition) is 2. The first-order chi connectivity index (χ1) is 8.20. The van der Waals surface area contributed by atoms with Crippen LogP contribution in [-0.4, -0.2) is 27.3 Å². The predicted octanol–water partition coefficient (Wildman–Crippen LogP) is 2.47. The molecule has 0 spiro atoms. The lowest BCUT2D eigenvalue weighted by molar-refractivity contribution is -0.139. The van der Waals surface area contributed by atoms with Crippen LogP contribution < -0.4 is 5.32 Å². The molecule has 9 heteroatoms. The fourth-order valence-electron chi connectivity index (χ4n) is 1.24. The zero-order valence-electron chi connectivity index (χ0n) is 9.65. The third-order valence-electron chi connectivity index (χ3n) is 1.97. The highest BCUT2D eigenvalue weighted by Crippen LogP contribution is 2.33. The van der Waals surface area contributed by atoms with Gasteiger partial charge in [0, 0.05) is 0 Å². The highest BCUT2D eigenvalue weighted by molar-refractivity contribution is 7.15. The van der Waals surface area contributed by atoms with Gasteiger partial charge in [0.15, 0.2) is 0 Å². The molecule has 0 saturated carbocycles. The normalized spacial score (nSPS) is 13.7. The molecule has 5 nitrogen and oxygen atoms in total. The van der Waals surface area contributed by atoms with Gasteiger partial charge in [0.05, 0.1) is 0 Å². The minimum atomic E-state index is -4.56. The fraction of sp³-hybridized carbons (Fsp3) is 0.667. The molecule has 1 rings (SSSR count). The van der Waals surface area contributed by atoms with Crippen LogP contribution in [0.3, 0.4) is 0 Å². The number of aliphatic carboxylic acids is 1. The lowest BCUT2D eigenvalue weighted by Crippen LogP contribution is -2.30. The van der Waals surface area contributed by atoms with Gasteiger partial charge < -0.3 is 10.4 Å². The lowest BCUT2D eigenvalue weighted by Gasteiger charge is -2.14. The molecule has 0 aliphatic rings. The molecule has 0 aliphatic carbocycles. The lowest BCUT2D eigenvalue weighted by atomic mass is 10.0. The Hall–Kier alpha value is -1.38.